The van der Waals surface area contributed by atoms with Crippen LogP contribution >= 0.6 is 0 Å². The molecular weight excluding hydrogens is 380 g/mol. The van der Waals surface area contributed by atoms with Gasteiger partial charge in [0.2, 0.25) is 11.6 Å². The molecule has 0 amide bonds. The molecule has 2 fully saturated rings. The lowest BCUT2D eigenvalue weighted by atomic mass is 10.1. The molecule has 160 valence electrons. The molecule has 2 saturated heterocycles. The highest BCUT2D eigenvalue weighted by atomic mass is 16.6. The predicted molar refractivity (Wildman–Crippen MR) is 120 cm³/mol. The Kier molecular flexibility index (Phi) is 6.01. The van der Waals surface area contributed by atoms with Crippen molar-refractivity contribution in [1.82, 2.24) is 9.97 Å². The van der Waals surface area contributed by atoms with E-state index in [4.69, 9.17) is 0 Å². The second-order valence-electron chi connectivity index (χ2n) is 8.22. The molecule has 0 bridgehead atoms. The Balaban J connectivity index is 1.57. The topological polar surface area (TPSA) is 78.6 Å². The van der Waals surface area contributed by atoms with Crippen molar-refractivity contribution in [3.8, 4) is 0 Å². The van der Waals surface area contributed by atoms with Gasteiger partial charge < -0.3 is 14.7 Å². The van der Waals surface area contributed by atoms with E-state index in [1.165, 1.54) is 36.0 Å². The summed E-state index contributed by atoms with van der Waals surface area (Å²) in [6.07, 6.45) is 5.92. The normalized spacial score (nSPS) is 17.7. The van der Waals surface area contributed by atoms with Crippen LogP contribution in [-0.2, 0) is 0 Å². The molecule has 0 radical (unpaired) electrons. The molecule has 30 heavy (non-hydrogen) atoms. The molecule has 0 unspecified atom stereocenters. The van der Waals surface area contributed by atoms with Gasteiger partial charge in [-0.05, 0) is 43.9 Å². The molecule has 2 aliphatic heterocycles. The fourth-order valence-electron chi connectivity index (χ4n) is 4.51. The summed E-state index contributed by atoms with van der Waals surface area (Å²) in [4.78, 5) is 26.9. The van der Waals surface area contributed by atoms with E-state index in [2.05, 4.69) is 51.8 Å². The van der Waals surface area contributed by atoms with E-state index in [9.17, 15) is 10.1 Å². The number of piperazine rings is 1. The zero-order chi connectivity index (χ0) is 21.1. The van der Waals surface area contributed by atoms with Gasteiger partial charge in [-0.3, -0.25) is 10.1 Å². The number of nitro groups is 1. The maximum Gasteiger partial charge on any atom is 0.353 e. The predicted octanol–water partition coefficient (Wildman–Crippen LogP) is 3.71. The second-order valence-corrected chi connectivity index (χ2v) is 8.22. The molecule has 3 heterocycles. The Labute approximate surface area is 177 Å². The summed E-state index contributed by atoms with van der Waals surface area (Å²) in [5.41, 5.74) is 3.88. The average Bonchev–Trinajstić information content (AvgIpc) is 3.05. The van der Waals surface area contributed by atoms with Gasteiger partial charge in [0.15, 0.2) is 0 Å². The van der Waals surface area contributed by atoms with Crippen molar-refractivity contribution in [2.75, 3.05) is 54.0 Å². The molecule has 2 aliphatic rings. The third kappa shape index (κ3) is 4.04. The lowest BCUT2D eigenvalue weighted by Gasteiger charge is -2.37. The van der Waals surface area contributed by atoms with E-state index in [-0.39, 0.29) is 10.6 Å². The maximum atomic E-state index is 12.0. The van der Waals surface area contributed by atoms with Gasteiger partial charge in [-0.15, -0.1) is 0 Å². The van der Waals surface area contributed by atoms with Crippen molar-refractivity contribution in [3.63, 3.8) is 0 Å². The summed E-state index contributed by atoms with van der Waals surface area (Å²) in [5, 5.41) is 12.0. The van der Waals surface area contributed by atoms with Gasteiger partial charge in [-0.1, -0.05) is 25.0 Å². The molecule has 1 aromatic carbocycles. The van der Waals surface area contributed by atoms with Gasteiger partial charge >= 0.3 is 5.69 Å². The largest absolute Gasteiger partial charge is 0.368 e. The molecule has 1 aromatic heterocycles. The Morgan fingerprint density at radius 1 is 0.833 bits per heavy atom. The molecule has 8 heteroatoms. The standard InChI is InChI=1S/C22H30N6O2/c1-17-8-7-9-19(18(17)2)25-12-14-27(15-13-25)22-20(28(29)30)21(23-16-24-22)26-10-5-3-4-6-11-26/h7-9,16H,3-6,10-15H2,1-2H3. The summed E-state index contributed by atoms with van der Waals surface area (Å²) in [6, 6.07) is 6.37. The van der Waals surface area contributed by atoms with E-state index in [0.717, 1.165) is 39.0 Å². The summed E-state index contributed by atoms with van der Waals surface area (Å²) >= 11 is 0. The van der Waals surface area contributed by atoms with Crippen molar-refractivity contribution < 1.29 is 4.92 Å². The number of aromatic nitrogens is 2. The van der Waals surface area contributed by atoms with E-state index < -0.39 is 0 Å². The van der Waals surface area contributed by atoms with Gasteiger partial charge in [-0.25, -0.2) is 9.97 Å². The van der Waals surface area contributed by atoms with Crippen molar-refractivity contribution in [3.05, 3.63) is 45.8 Å². The SMILES string of the molecule is Cc1cccc(N2CCN(c3ncnc(N4CCCCCC4)c3[N+](=O)[O-])CC2)c1C. The highest BCUT2D eigenvalue weighted by molar-refractivity contribution is 5.72. The van der Waals surface area contributed by atoms with E-state index in [0.29, 0.717) is 24.7 Å². The van der Waals surface area contributed by atoms with Crippen LogP contribution in [0, 0.1) is 24.0 Å². The molecule has 2 aromatic rings. The van der Waals surface area contributed by atoms with Crippen LogP contribution in [-0.4, -0.2) is 54.2 Å². The van der Waals surface area contributed by atoms with Crippen molar-refractivity contribution >= 4 is 23.0 Å². The Hall–Kier alpha value is -2.90. The summed E-state index contributed by atoms with van der Waals surface area (Å²) in [5.74, 6) is 0.929. The minimum Gasteiger partial charge on any atom is -0.368 e. The lowest BCUT2D eigenvalue weighted by Crippen LogP contribution is -2.47. The van der Waals surface area contributed by atoms with Crippen LogP contribution in [0.3, 0.4) is 0 Å². The average molecular weight is 411 g/mol. The second kappa shape index (κ2) is 8.85. The number of benzene rings is 1. The van der Waals surface area contributed by atoms with Gasteiger partial charge in [0.1, 0.15) is 6.33 Å². The minimum atomic E-state index is -0.299. The third-order valence-electron chi connectivity index (χ3n) is 6.37. The Morgan fingerprint density at radius 3 is 2.00 bits per heavy atom. The Morgan fingerprint density at radius 2 is 1.40 bits per heavy atom. The zero-order valence-electron chi connectivity index (χ0n) is 17.9. The van der Waals surface area contributed by atoms with E-state index in [1.807, 2.05) is 4.90 Å². The number of hydrogen-bond donors (Lipinski definition) is 0. The quantitative estimate of drug-likeness (QED) is 0.561. The first-order chi connectivity index (χ1) is 14.6. The molecule has 0 spiro atoms. The lowest BCUT2D eigenvalue weighted by molar-refractivity contribution is -0.383. The molecule has 8 nitrogen and oxygen atoms in total. The monoisotopic (exact) mass is 410 g/mol. The number of nitrogens with zero attached hydrogens (tertiary/aromatic N) is 6. The van der Waals surface area contributed by atoms with Crippen molar-refractivity contribution in [2.45, 2.75) is 39.5 Å². The first-order valence-electron chi connectivity index (χ1n) is 10.9. The van der Waals surface area contributed by atoms with Crippen LogP contribution in [0.1, 0.15) is 36.8 Å². The zero-order valence-corrected chi connectivity index (χ0v) is 17.9. The summed E-state index contributed by atoms with van der Waals surface area (Å²) in [6.45, 7) is 8.93. The molecule has 0 N–H and O–H groups in total. The molecule has 4 rings (SSSR count). The number of hydrogen-bond acceptors (Lipinski definition) is 7. The summed E-state index contributed by atoms with van der Waals surface area (Å²) in [7, 11) is 0. The van der Waals surface area contributed by atoms with Gasteiger partial charge in [0.05, 0.1) is 4.92 Å². The van der Waals surface area contributed by atoms with Crippen LogP contribution in [0.5, 0.6) is 0 Å². The number of anilines is 3. The van der Waals surface area contributed by atoms with Crippen LogP contribution < -0.4 is 14.7 Å². The minimum absolute atomic E-state index is 0.0552. The summed E-state index contributed by atoms with van der Waals surface area (Å²) < 4.78 is 0. The van der Waals surface area contributed by atoms with E-state index in [1.54, 1.807) is 0 Å². The van der Waals surface area contributed by atoms with Gasteiger partial charge in [0.25, 0.3) is 0 Å². The fourth-order valence-corrected chi connectivity index (χ4v) is 4.51. The first-order valence-corrected chi connectivity index (χ1v) is 10.9. The first kappa shape index (κ1) is 20.4. The molecule has 0 atom stereocenters. The van der Waals surface area contributed by atoms with E-state index >= 15 is 0 Å². The highest BCUT2D eigenvalue weighted by Gasteiger charge is 2.32. The van der Waals surface area contributed by atoms with Crippen LogP contribution in [0.15, 0.2) is 24.5 Å². The smallest absolute Gasteiger partial charge is 0.353 e. The maximum absolute atomic E-state index is 12.0. The molecular formula is C22H30N6O2. The fraction of sp³-hybridized carbons (Fsp3) is 0.545. The third-order valence-corrected chi connectivity index (χ3v) is 6.37. The molecule has 0 aliphatic carbocycles. The van der Waals surface area contributed by atoms with Gasteiger partial charge in [-0.2, -0.15) is 0 Å². The number of rotatable bonds is 4. The van der Waals surface area contributed by atoms with Crippen LogP contribution in [0.2, 0.25) is 0 Å². The van der Waals surface area contributed by atoms with Crippen LogP contribution in [0.25, 0.3) is 0 Å². The Bertz CT molecular complexity index is 902. The van der Waals surface area contributed by atoms with Gasteiger partial charge in [0, 0.05) is 45.0 Å². The van der Waals surface area contributed by atoms with Crippen molar-refractivity contribution in [1.29, 1.82) is 0 Å². The van der Waals surface area contributed by atoms with Crippen molar-refractivity contribution in [2.24, 2.45) is 0 Å². The number of aryl methyl sites for hydroxylation is 1. The molecule has 0 saturated carbocycles. The highest BCUT2D eigenvalue weighted by Crippen LogP contribution is 2.36. The van der Waals surface area contributed by atoms with Crippen LogP contribution in [0.4, 0.5) is 23.0 Å².